The molecule has 5 rings (SSSR count). The van der Waals surface area contributed by atoms with Gasteiger partial charge in [0.15, 0.2) is 0 Å². The maximum atomic E-state index is 12.6. The van der Waals surface area contributed by atoms with Crippen LogP contribution in [0.15, 0.2) is 66.0 Å². The molecule has 202 valence electrons. The Bertz CT molecular complexity index is 1480. The molecule has 4 aromatic heterocycles. The number of nitrogens with one attached hydrogen (secondary N) is 1. The van der Waals surface area contributed by atoms with Crippen LogP contribution in [0.1, 0.15) is 29.9 Å². The molecule has 9 nitrogen and oxygen atoms in total. The molecule has 10 heteroatoms. The minimum absolute atomic E-state index is 0.0276. The van der Waals surface area contributed by atoms with E-state index in [4.69, 9.17) is 19.4 Å². The van der Waals surface area contributed by atoms with Gasteiger partial charge in [0.25, 0.3) is 5.91 Å². The number of morpholine rings is 1. The molecule has 1 aliphatic rings. The number of methoxy groups -OCH3 is 1. The van der Waals surface area contributed by atoms with Crippen molar-refractivity contribution in [2.75, 3.05) is 38.0 Å². The molecule has 0 spiro atoms. The van der Waals surface area contributed by atoms with E-state index in [9.17, 15) is 4.79 Å². The van der Waals surface area contributed by atoms with E-state index in [1.54, 1.807) is 37.5 Å². The van der Waals surface area contributed by atoms with Gasteiger partial charge in [-0.2, -0.15) is 0 Å². The summed E-state index contributed by atoms with van der Waals surface area (Å²) in [6.45, 7) is 6.42. The summed E-state index contributed by atoms with van der Waals surface area (Å²) < 4.78 is 11.5. The Labute approximate surface area is 232 Å². The van der Waals surface area contributed by atoms with Crippen LogP contribution in [0.25, 0.3) is 22.3 Å². The van der Waals surface area contributed by atoms with Crippen LogP contribution in [-0.2, 0) is 16.0 Å². The highest BCUT2D eigenvalue weighted by molar-refractivity contribution is 7.98. The van der Waals surface area contributed by atoms with Crippen molar-refractivity contribution in [2.45, 2.75) is 37.0 Å². The maximum Gasteiger partial charge on any atom is 0.253 e. The largest absolute Gasteiger partial charge is 0.382 e. The Hall–Kier alpha value is -3.60. The lowest BCUT2D eigenvalue weighted by Crippen LogP contribution is -2.54. The molecule has 0 saturated carbocycles. The molecule has 0 aliphatic carbocycles. The summed E-state index contributed by atoms with van der Waals surface area (Å²) in [5, 5.41) is 3.84. The molecule has 39 heavy (non-hydrogen) atoms. The van der Waals surface area contributed by atoms with Crippen LogP contribution in [0.3, 0.4) is 0 Å². The van der Waals surface area contributed by atoms with E-state index in [1.165, 1.54) is 0 Å². The second kappa shape index (κ2) is 11.6. The van der Waals surface area contributed by atoms with E-state index in [1.807, 2.05) is 48.7 Å². The number of hydrogen-bond acceptors (Lipinski definition) is 9. The van der Waals surface area contributed by atoms with Gasteiger partial charge in [0.05, 0.1) is 53.0 Å². The fourth-order valence-electron chi connectivity index (χ4n) is 4.71. The molecule has 4 aromatic rings. The summed E-state index contributed by atoms with van der Waals surface area (Å²) in [4.78, 5) is 34.3. The summed E-state index contributed by atoms with van der Waals surface area (Å²) in [6, 6.07) is 13.7. The van der Waals surface area contributed by atoms with Crippen molar-refractivity contribution in [2.24, 2.45) is 0 Å². The number of aromatic nitrogens is 4. The van der Waals surface area contributed by atoms with Gasteiger partial charge in [-0.3, -0.25) is 14.8 Å². The van der Waals surface area contributed by atoms with E-state index >= 15 is 0 Å². The van der Waals surface area contributed by atoms with Crippen molar-refractivity contribution in [3.05, 3.63) is 72.3 Å². The van der Waals surface area contributed by atoms with Gasteiger partial charge in [-0.05, 0) is 56.5 Å². The Morgan fingerprint density at radius 1 is 1.15 bits per heavy atom. The number of pyridine rings is 4. The second-order valence-corrected chi connectivity index (χ2v) is 11.0. The van der Waals surface area contributed by atoms with Gasteiger partial charge >= 0.3 is 0 Å². The number of thioether (sulfide) groups is 1. The van der Waals surface area contributed by atoms with E-state index in [-0.39, 0.29) is 24.2 Å². The summed E-state index contributed by atoms with van der Waals surface area (Å²) in [7, 11) is 1.69. The molecule has 0 radical (unpaired) electrons. The van der Waals surface area contributed by atoms with Gasteiger partial charge < -0.3 is 19.7 Å². The molecular weight excluding hydrogens is 512 g/mol. The first kappa shape index (κ1) is 27.0. The zero-order valence-corrected chi connectivity index (χ0v) is 23.4. The third kappa shape index (κ3) is 6.52. The number of nitrogens with zero attached hydrogens (tertiary/aromatic N) is 5. The third-order valence-electron chi connectivity index (χ3n) is 6.43. The predicted molar refractivity (Wildman–Crippen MR) is 153 cm³/mol. The first-order valence-corrected chi connectivity index (χ1v) is 14.0. The fourth-order valence-corrected chi connectivity index (χ4v) is 5.12. The molecule has 0 bridgehead atoms. The Morgan fingerprint density at radius 3 is 2.82 bits per heavy atom. The molecule has 1 aliphatic heterocycles. The zero-order chi connectivity index (χ0) is 27.4. The van der Waals surface area contributed by atoms with E-state index in [2.05, 4.69) is 34.0 Å². The molecule has 1 atom stereocenters. The first-order valence-electron chi connectivity index (χ1n) is 12.8. The quantitative estimate of drug-likeness (QED) is 0.324. The van der Waals surface area contributed by atoms with E-state index in [0.29, 0.717) is 18.7 Å². The minimum atomic E-state index is -0.312. The van der Waals surface area contributed by atoms with Gasteiger partial charge in [-0.25, -0.2) is 9.97 Å². The van der Waals surface area contributed by atoms with Gasteiger partial charge in [0, 0.05) is 49.1 Å². The van der Waals surface area contributed by atoms with Crippen LogP contribution in [-0.4, -0.2) is 70.6 Å². The molecule has 1 N–H and O–H groups in total. The number of carbonyl (C=O) groups is 1. The molecule has 0 aromatic carbocycles. The maximum absolute atomic E-state index is 12.6. The fraction of sp³-hybridized carbons (Fsp3) is 0.345. The molecular formula is C29H32N6O3S. The molecule has 1 amide bonds. The topological polar surface area (TPSA) is 102 Å². The first-order chi connectivity index (χ1) is 18.8. The number of ether oxygens (including phenoxy) is 2. The lowest BCUT2D eigenvalue weighted by Gasteiger charge is -2.43. The normalized spacial score (nSPS) is 16.8. The van der Waals surface area contributed by atoms with Crippen LogP contribution in [0.2, 0.25) is 0 Å². The molecule has 1 fully saturated rings. The van der Waals surface area contributed by atoms with E-state index in [0.717, 1.165) is 45.2 Å². The zero-order valence-electron chi connectivity index (χ0n) is 22.5. The number of rotatable bonds is 8. The van der Waals surface area contributed by atoms with Gasteiger partial charge in [0.2, 0.25) is 0 Å². The average Bonchev–Trinajstić information content (AvgIpc) is 2.95. The summed E-state index contributed by atoms with van der Waals surface area (Å²) in [6.07, 6.45) is 7.00. The SMILES string of the molecule is COCC1CN(c2cccc(-c3ccc4cnc(CNC(=O)c5cncc(SC)c5)cc4n3)n2)CC(C)(C)O1. The Balaban J connectivity index is 1.34. The van der Waals surface area contributed by atoms with Crippen LogP contribution in [0.4, 0.5) is 5.82 Å². The molecule has 5 heterocycles. The highest BCUT2D eigenvalue weighted by atomic mass is 32.2. The number of fused-ring (bicyclic) bond motifs is 1. The monoisotopic (exact) mass is 544 g/mol. The standard InChI is InChI=1S/C29H32N6O3S/c1-29(2)18-35(16-22(38-29)17-37-3)27-7-5-6-24(34-27)25-9-8-19-13-31-21(11-26(19)33-25)14-32-28(36)20-10-23(39-4)15-30-12-20/h5-13,15,22H,14,16-18H2,1-4H3,(H,32,36). The summed E-state index contributed by atoms with van der Waals surface area (Å²) in [5.41, 5.74) is 3.27. The predicted octanol–water partition coefficient (Wildman–Crippen LogP) is 4.37. The van der Waals surface area contributed by atoms with Crippen LogP contribution < -0.4 is 10.2 Å². The average molecular weight is 545 g/mol. The van der Waals surface area contributed by atoms with Crippen molar-refractivity contribution in [1.82, 2.24) is 25.3 Å². The lowest BCUT2D eigenvalue weighted by molar-refractivity contribution is -0.106. The lowest BCUT2D eigenvalue weighted by atomic mass is 10.1. The van der Waals surface area contributed by atoms with Crippen LogP contribution in [0.5, 0.6) is 0 Å². The minimum Gasteiger partial charge on any atom is -0.382 e. The van der Waals surface area contributed by atoms with Crippen molar-refractivity contribution in [1.29, 1.82) is 0 Å². The second-order valence-electron chi connectivity index (χ2n) is 10.1. The van der Waals surface area contributed by atoms with E-state index < -0.39 is 0 Å². The van der Waals surface area contributed by atoms with Crippen molar-refractivity contribution in [3.63, 3.8) is 0 Å². The van der Waals surface area contributed by atoms with Gasteiger partial charge in [-0.1, -0.05) is 6.07 Å². The summed E-state index contributed by atoms with van der Waals surface area (Å²) in [5.74, 6) is 0.687. The Morgan fingerprint density at radius 2 is 2.00 bits per heavy atom. The Kier molecular flexibility index (Phi) is 8.06. The highest BCUT2D eigenvalue weighted by Gasteiger charge is 2.34. The van der Waals surface area contributed by atoms with Crippen molar-refractivity contribution < 1.29 is 14.3 Å². The van der Waals surface area contributed by atoms with Gasteiger partial charge in [0.1, 0.15) is 5.82 Å². The van der Waals surface area contributed by atoms with Gasteiger partial charge in [-0.15, -0.1) is 11.8 Å². The number of anilines is 1. The summed E-state index contributed by atoms with van der Waals surface area (Å²) >= 11 is 1.54. The molecule has 1 saturated heterocycles. The smallest absolute Gasteiger partial charge is 0.253 e. The van der Waals surface area contributed by atoms with Crippen molar-refractivity contribution >= 4 is 34.4 Å². The molecule has 1 unspecified atom stereocenters. The number of amides is 1. The highest BCUT2D eigenvalue weighted by Crippen LogP contribution is 2.27. The van der Waals surface area contributed by atoms with Crippen molar-refractivity contribution in [3.8, 4) is 11.4 Å². The number of hydrogen-bond donors (Lipinski definition) is 1. The third-order valence-corrected chi connectivity index (χ3v) is 7.12. The van der Waals surface area contributed by atoms with Crippen LogP contribution in [0, 0.1) is 0 Å². The number of carbonyl (C=O) groups excluding carboxylic acids is 1. The van der Waals surface area contributed by atoms with Crippen LogP contribution >= 0.6 is 11.8 Å².